The summed E-state index contributed by atoms with van der Waals surface area (Å²) >= 11 is 0. The van der Waals surface area contributed by atoms with Gasteiger partial charge < -0.3 is 4.48 Å². The van der Waals surface area contributed by atoms with E-state index in [-0.39, 0.29) is 5.92 Å². The molecule has 0 unspecified atom stereocenters. The lowest BCUT2D eigenvalue weighted by molar-refractivity contribution is -0.970. The Morgan fingerprint density at radius 3 is 2.06 bits per heavy atom. The van der Waals surface area contributed by atoms with Gasteiger partial charge in [-0.05, 0) is 13.8 Å². The Balaban J connectivity index is 2.25. The van der Waals surface area contributed by atoms with Crippen molar-refractivity contribution in [2.24, 2.45) is 5.92 Å². The van der Waals surface area contributed by atoms with Gasteiger partial charge in [0.15, 0.2) is 0 Å². The van der Waals surface area contributed by atoms with Gasteiger partial charge in [-0.3, -0.25) is 4.79 Å². The van der Waals surface area contributed by atoms with E-state index in [1.165, 1.54) is 43.3 Å². The number of rotatable bonds is 4. The molecule has 0 aromatic rings. The molecule has 0 aliphatic carbocycles. The number of quaternary nitrogens is 1. The van der Waals surface area contributed by atoms with E-state index < -0.39 is 0 Å². The van der Waals surface area contributed by atoms with Crippen molar-refractivity contribution in [3.8, 4) is 0 Å². The van der Waals surface area contributed by atoms with E-state index in [4.69, 9.17) is 0 Å². The topological polar surface area (TPSA) is 17.1 Å². The number of nitrogens with zero attached hydrogens (tertiary/aromatic N) is 1. The second-order valence-corrected chi connectivity index (χ2v) is 6.80. The fourth-order valence-electron chi connectivity index (χ4n) is 4.46. The third-order valence-corrected chi connectivity index (χ3v) is 5.48. The molecular weight excluding hydrogens is 210 g/mol. The minimum Gasteiger partial charge on any atom is -0.316 e. The van der Waals surface area contributed by atoms with Crippen molar-refractivity contribution >= 4 is 5.78 Å². The van der Waals surface area contributed by atoms with Crippen LogP contribution in [0.5, 0.6) is 0 Å². The minimum absolute atomic E-state index is 0.208. The minimum atomic E-state index is 0.208. The molecule has 2 heteroatoms. The molecule has 17 heavy (non-hydrogen) atoms. The van der Waals surface area contributed by atoms with Gasteiger partial charge in [-0.25, -0.2) is 0 Å². The van der Waals surface area contributed by atoms with Crippen molar-refractivity contribution in [3.05, 3.63) is 0 Å². The molecule has 0 bridgehead atoms. The van der Waals surface area contributed by atoms with Crippen LogP contribution in [-0.2, 0) is 4.79 Å². The molecule has 2 nitrogen and oxygen atoms in total. The fraction of sp³-hybridized carbons (Fsp3) is 0.933. The third kappa shape index (κ3) is 1.85. The summed E-state index contributed by atoms with van der Waals surface area (Å²) in [5.74, 6) is 0.691. The van der Waals surface area contributed by atoms with Gasteiger partial charge >= 0.3 is 0 Å². The lowest BCUT2D eigenvalue weighted by Crippen LogP contribution is -2.61. The van der Waals surface area contributed by atoms with E-state index in [1.807, 2.05) is 13.8 Å². The maximum absolute atomic E-state index is 12.2. The molecule has 0 aromatic heterocycles. The summed E-state index contributed by atoms with van der Waals surface area (Å²) in [6, 6.07) is 0.681. The second-order valence-electron chi connectivity index (χ2n) is 6.80. The predicted molar refractivity (Wildman–Crippen MR) is 70.8 cm³/mol. The van der Waals surface area contributed by atoms with E-state index >= 15 is 0 Å². The Morgan fingerprint density at radius 2 is 1.65 bits per heavy atom. The van der Waals surface area contributed by atoms with Crippen molar-refractivity contribution in [1.29, 1.82) is 0 Å². The zero-order valence-corrected chi connectivity index (χ0v) is 12.0. The summed E-state index contributed by atoms with van der Waals surface area (Å²) in [6.45, 7) is 11.4. The van der Waals surface area contributed by atoms with Crippen LogP contribution >= 0.6 is 0 Å². The normalized spacial score (nSPS) is 36.8. The summed E-state index contributed by atoms with van der Waals surface area (Å²) in [7, 11) is 0. The van der Waals surface area contributed by atoms with Crippen LogP contribution in [0, 0.1) is 5.92 Å². The molecular formula is C15H28NO+. The highest BCUT2D eigenvalue weighted by Gasteiger charge is 2.59. The molecule has 0 spiro atoms. The summed E-state index contributed by atoms with van der Waals surface area (Å²) in [4.78, 5) is 12.2. The second kappa shape index (κ2) is 4.38. The van der Waals surface area contributed by atoms with E-state index in [0.29, 0.717) is 17.4 Å². The molecule has 0 N–H and O–H groups in total. The smallest absolute Gasteiger partial charge is 0.141 e. The number of ketones is 1. The Morgan fingerprint density at radius 1 is 1.12 bits per heavy atom. The van der Waals surface area contributed by atoms with Gasteiger partial charge in [0.2, 0.25) is 0 Å². The van der Waals surface area contributed by atoms with Gasteiger partial charge in [-0.1, -0.05) is 13.8 Å². The average Bonchev–Trinajstić information content (AvgIpc) is 2.72. The highest BCUT2D eigenvalue weighted by molar-refractivity contribution is 5.81. The molecule has 2 aliphatic heterocycles. The Bertz CT molecular complexity index is 296. The Hall–Kier alpha value is -0.370. The number of hydrogen-bond acceptors (Lipinski definition) is 1. The van der Waals surface area contributed by atoms with Crippen LogP contribution < -0.4 is 0 Å². The van der Waals surface area contributed by atoms with Crippen molar-refractivity contribution in [1.82, 2.24) is 0 Å². The van der Waals surface area contributed by atoms with E-state index in [2.05, 4.69) is 13.8 Å². The number of fused-ring (bicyclic) bond motifs is 1. The van der Waals surface area contributed by atoms with Crippen LogP contribution in [0.15, 0.2) is 0 Å². The summed E-state index contributed by atoms with van der Waals surface area (Å²) < 4.78 is 1.24. The average molecular weight is 238 g/mol. The number of carbonyl (C=O) groups is 1. The summed E-state index contributed by atoms with van der Waals surface area (Å²) in [6.07, 6.45) is 6.04. The summed E-state index contributed by atoms with van der Waals surface area (Å²) in [5.41, 5.74) is 0.315. The highest BCUT2D eigenvalue weighted by Crippen LogP contribution is 2.50. The zero-order valence-electron chi connectivity index (χ0n) is 12.0. The van der Waals surface area contributed by atoms with E-state index in [1.54, 1.807) is 0 Å². The molecule has 0 atom stereocenters. The van der Waals surface area contributed by atoms with Crippen LogP contribution in [-0.4, -0.2) is 34.9 Å². The van der Waals surface area contributed by atoms with Gasteiger partial charge in [0.25, 0.3) is 0 Å². The van der Waals surface area contributed by atoms with E-state index in [9.17, 15) is 4.79 Å². The molecule has 0 aromatic carbocycles. The van der Waals surface area contributed by atoms with Crippen molar-refractivity contribution < 1.29 is 9.28 Å². The molecule has 98 valence electrons. The number of hydrogen-bond donors (Lipinski definition) is 0. The Kier molecular flexibility index (Phi) is 3.37. The van der Waals surface area contributed by atoms with Crippen molar-refractivity contribution in [2.75, 3.05) is 13.1 Å². The molecule has 2 rings (SSSR count). The van der Waals surface area contributed by atoms with Gasteiger partial charge in [-0.15, -0.1) is 0 Å². The molecule has 2 saturated heterocycles. The molecule has 2 aliphatic rings. The van der Waals surface area contributed by atoms with Gasteiger partial charge in [0.1, 0.15) is 11.3 Å². The van der Waals surface area contributed by atoms with Crippen LogP contribution in [0.25, 0.3) is 0 Å². The summed E-state index contributed by atoms with van der Waals surface area (Å²) in [5, 5.41) is 0. The first-order chi connectivity index (χ1) is 7.93. The van der Waals surface area contributed by atoms with Crippen molar-refractivity contribution in [3.63, 3.8) is 0 Å². The molecule has 0 saturated carbocycles. The molecule has 2 heterocycles. The van der Waals surface area contributed by atoms with Gasteiger partial charge in [0.05, 0.1) is 25.6 Å². The molecule has 2 fully saturated rings. The molecule has 0 radical (unpaired) electrons. The van der Waals surface area contributed by atoms with Crippen LogP contribution in [0.4, 0.5) is 0 Å². The van der Waals surface area contributed by atoms with Crippen LogP contribution in [0.2, 0.25) is 0 Å². The van der Waals surface area contributed by atoms with Gasteiger partial charge in [0, 0.05) is 31.6 Å². The van der Waals surface area contributed by atoms with E-state index in [0.717, 1.165) is 6.42 Å². The maximum atomic E-state index is 12.2. The largest absolute Gasteiger partial charge is 0.316 e. The van der Waals surface area contributed by atoms with Crippen molar-refractivity contribution in [2.45, 2.75) is 71.4 Å². The SMILES string of the molecule is CC(C)C(=O)CC12CCC[N+]1(C(C)C)CCC2. The van der Waals surface area contributed by atoms with Crippen LogP contribution in [0.3, 0.4) is 0 Å². The third-order valence-electron chi connectivity index (χ3n) is 5.48. The first kappa shape index (κ1) is 13.1. The Labute approximate surface area is 106 Å². The lowest BCUT2D eigenvalue weighted by atomic mass is 9.84. The monoisotopic (exact) mass is 238 g/mol. The zero-order chi connectivity index (χ0) is 12.7. The highest BCUT2D eigenvalue weighted by atomic mass is 16.1. The lowest BCUT2D eigenvalue weighted by Gasteiger charge is -2.47. The van der Waals surface area contributed by atoms with Crippen LogP contribution in [0.1, 0.15) is 59.8 Å². The first-order valence-electron chi connectivity index (χ1n) is 7.33. The quantitative estimate of drug-likeness (QED) is 0.688. The number of carbonyl (C=O) groups excluding carboxylic acids is 1. The van der Waals surface area contributed by atoms with Gasteiger partial charge in [-0.2, -0.15) is 0 Å². The molecule has 0 amide bonds. The number of Topliss-reactive ketones (excluding diaryl/α,β-unsaturated/α-hetero) is 1. The standard InChI is InChI=1S/C15H28NO/c1-12(2)14(17)11-15-7-5-9-16(15,13(3)4)10-6-8-15/h12-13H,5-11H2,1-4H3/q+1. The predicted octanol–water partition coefficient (Wildman–Crippen LogP) is 3.15. The maximum Gasteiger partial charge on any atom is 0.141 e. The first-order valence-corrected chi connectivity index (χ1v) is 7.33. The fourth-order valence-corrected chi connectivity index (χ4v) is 4.46.